The number of halogens is 2. The number of amides is 2. The topological polar surface area (TPSA) is 40.6 Å². The molecule has 1 aliphatic heterocycles. The standard InChI is InChI=1S/C20H26Cl2N2O2/c1-13(2)24(11-14-5-8-17(21)18(22)10-14)20(26)16-4-3-9-23(12-16)19(25)15-6-7-15/h5,8,10,13,15-16H,3-4,6-7,9,11-12H2,1-2H3. The Kier molecular flexibility index (Phi) is 6.13. The van der Waals surface area contributed by atoms with Crippen LogP contribution in [0.4, 0.5) is 0 Å². The zero-order valence-electron chi connectivity index (χ0n) is 15.4. The molecule has 2 fully saturated rings. The van der Waals surface area contributed by atoms with Gasteiger partial charge in [-0.15, -0.1) is 0 Å². The summed E-state index contributed by atoms with van der Waals surface area (Å²) in [5.74, 6) is 0.459. The second kappa shape index (κ2) is 8.18. The second-order valence-corrected chi connectivity index (χ2v) is 8.52. The fourth-order valence-corrected chi connectivity index (χ4v) is 3.87. The van der Waals surface area contributed by atoms with Crippen molar-refractivity contribution in [2.45, 2.75) is 52.1 Å². The normalized spacial score (nSPS) is 20.3. The van der Waals surface area contributed by atoms with Crippen molar-refractivity contribution in [2.75, 3.05) is 13.1 Å². The molecule has 6 heteroatoms. The Morgan fingerprint density at radius 1 is 1.15 bits per heavy atom. The van der Waals surface area contributed by atoms with Crippen LogP contribution in [0.5, 0.6) is 0 Å². The highest BCUT2D eigenvalue weighted by molar-refractivity contribution is 6.42. The fraction of sp³-hybridized carbons (Fsp3) is 0.600. The highest BCUT2D eigenvalue weighted by Crippen LogP contribution is 2.33. The minimum atomic E-state index is -0.114. The maximum atomic E-state index is 13.2. The Labute approximate surface area is 165 Å². The Morgan fingerprint density at radius 3 is 2.50 bits per heavy atom. The first kappa shape index (κ1) is 19.5. The average Bonchev–Trinajstić information content (AvgIpc) is 3.46. The molecular weight excluding hydrogens is 371 g/mol. The molecule has 1 atom stereocenters. The van der Waals surface area contributed by atoms with Gasteiger partial charge in [-0.25, -0.2) is 0 Å². The SMILES string of the molecule is CC(C)N(Cc1ccc(Cl)c(Cl)c1)C(=O)C1CCCN(C(=O)C2CC2)C1. The van der Waals surface area contributed by atoms with Gasteiger partial charge in [0.1, 0.15) is 0 Å². The third kappa shape index (κ3) is 4.52. The van der Waals surface area contributed by atoms with Crippen LogP contribution in [-0.4, -0.2) is 40.7 Å². The number of carbonyl (C=O) groups is 2. The molecule has 3 rings (SSSR count). The first-order chi connectivity index (χ1) is 12.4. The van der Waals surface area contributed by atoms with Gasteiger partial charge >= 0.3 is 0 Å². The van der Waals surface area contributed by atoms with E-state index < -0.39 is 0 Å². The molecule has 0 N–H and O–H groups in total. The fourth-order valence-electron chi connectivity index (χ4n) is 3.55. The lowest BCUT2D eigenvalue weighted by atomic mass is 9.95. The smallest absolute Gasteiger partial charge is 0.228 e. The lowest BCUT2D eigenvalue weighted by molar-refractivity contribution is -0.143. The van der Waals surface area contributed by atoms with Crippen LogP contribution in [0, 0.1) is 11.8 Å². The van der Waals surface area contributed by atoms with Crippen LogP contribution in [0.2, 0.25) is 10.0 Å². The van der Waals surface area contributed by atoms with Crippen LogP contribution in [0.3, 0.4) is 0 Å². The number of piperidine rings is 1. The molecule has 4 nitrogen and oxygen atoms in total. The van der Waals surface area contributed by atoms with Crippen molar-refractivity contribution in [1.29, 1.82) is 0 Å². The molecule has 26 heavy (non-hydrogen) atoms. The summed E-state index contributed by atoms with van der Waals surface area (Å²) in [7, 11) is 0. The van der Waals surface area contributed by atoms with E-state index in [1.807, 2.05) is 35.8 Å². The molecule has 1 aromatic carbocycles. The summed E-state index contributed by atoms with van der Waals surface area (Å²) in [5, 5.41) is 1.01. The van der Waals surface area contributed by atoms with Gasteiger partial charge in [-0.3, -0.25) is 9.59 Å². The highest BCUT2D eigenvalue weighted by atomic mass is 35.5. The van der Waals surface area contributed by atoms with Crippen molar-refractivity contribution >= 4 is 35.0 Å². The van der Waals surface area contributed by atoms with Gasteiger partial charge in [0.25, 0.3) is 0 Å². The number of rotatable bonds is 5. The highest BCUT2D eigenvalue weighted by Gasteiger charge is 2.37. The van der Waals surface area contributed by atoms with Crippen LogP contribution in [0.15, 0.2) is 18.2 Å². The van der Waals surface area contributed by atoms with E-state index in [1.165, 1.54) is 0 Å². The lowest BCUT2D eigenvalue weighted by Crippen LogP contribution is -2.48. The molecule has 2 aliphatic rings. The molecule has 0 spiro atoms. The first-order valence-corrected chi connectivity index (χ1v) is 10.2. The molecule has 1 heterocycles. The van der Waals surface area contributed by atoms with Crippen molar-refractivity contribution < 1.29 is 9.59 Å². The summed E-state index contributed by atoms with van der Waals surface area (Å²) in [6, 6.07) is 5.56. The summed E-state index contributed by atoms with van der Waals surface area (Å²) in [6.45, 7) is 5.88. The maximum absolute atomic E-state index is 13.2. The van der Waals surface area contributed by atoms with Gasteiger partial charge in [-0.1, -0.05) is 29.3 Å². The second-order valence-electron chi connectivity index (χ2n) is 7.71. The Hall–Kier alpha value is -1.26. The molecule has 1 saturated carbocycles. The Balaban J connectivity index is 1.69. The van der Waals surface area contributed by atoms with Gasteiger partial charge in [0.05, 0.1) is 16.0 Å². The molecule has 1 aromatic rings. The average molecular weight is 397 g/mol. The Morgan fingerprint density at radius 2 is 1.88 bits per heavy atom. The molecule has 2 amide bonds. The van der Waals surface area contributed by atoms with Gasteiger partial charge in [-0.05, 0) is 57.2 Å². The predicted octanol–water partition coefficient (Wildman–Crippen LogP) is 4.38. The van der Waals surface area contributed by atoms with E-state index in [4.69, 9.17) is 23.2 Å². The number of nitrogens with zero attached hydrogens (tertiary/aromatic N) is 2. The summed E-state index contributed by atoms with van der Waals surface area (Å²) >= 11 is 12.1. The molecule has 1 aliphatic carbocycles. The molecule has 0 bridgehead atoms. The van der Waals surface area contributed by atoms with Gasteiger partial charge in [0, 0.05) is 31.6 Å². The third-order valence-corrected chi connectivity index (χ3v) is 5.99. The van der Waals surface area contributed by atoms with E-state index in [0.29, 0.717) is 23.1 Å². The number of hydrogen-bond acceptors (Lipinski definition) is 2. The van der Waals surface area contributed by atoms with Crippen LogP contribution >= 0.6 is 23.2 Å². The van der Waals surface area contributed by atoms with Crippen LogP contribution < -0.4 is 0 Å². The van der Waals surface area contributed by atoms with E-state index in [9.17, 15) is 9.59 Å². The maximum Gasteiger partial charge on any atom is 0.228 e. The largest absolute Gasteiger partial charge is 0.342 e. The van der Waals surface area contributed by atoms with Gasteiger partial charge in [0.15, 0.2) is 0 Å². The van der Waals surface area contributed by atoms with Crippen molar-refractivity contribution in [3.8, 4) is 0 Å². The van der Waals surface area contributed by atoms with Crippen LogP contribution in [0.1, 0.15) is 45.1 Å². The quantitative estimate of drug-likeness (QED) is 0.740. The summed E-state index contributed by atoms with van der Waals surface area (Å²) < 4.78 is 0. The summed E-state index contributed by atoms with van der Waals surface area (Å²) in [5.41, 5.74) is 0.961. The zero-order chi connectivity index (χ0) is 18.8. The number of benzene rings is 1. The van der Waals surface area contributed by atoms with E-state index in [0.717, 1.165) is 37.8 Å². The molecular formula is C20H26Cl2N2O2. The van der Waals surface area contributed by atoms with Gasteiger partial charge in [-0.2, -0.15) is 0 Å². The first-order valence-electron chi connectivity index (χ1n) is 9.40. The number of carbonyl (C=O) groups excluding carboxylic acids is 2. The lowest BCUT2D eigenvalue weighted by Gasteiger charge is -2.36. The van der Waals surface area contributed by atoms with E-state index in [1.54, 1.807) is 6.07 Å². The Bertz CT molecular complexity index is 688. The van der Waals surface area contributed by atoms with Crippen molar-refractivity contribution in [3.63, 3.8) is 0 Å². The number of hydrogen-bond donors (Lipinski definition) is 0. The minimum Gasteiger partial charge on any atom is -0.342 e. The van der Waals surface area contributed by atoms with E-state index >= 15 is 0 Å². The molecule has 0 aromatic heterocycles. The molecule has 142 valence electrons. The number of likely N-dealkylation sites (tertiary alicyclic amines) is 1. The van der Waals surface area contributed by atoms with Crippen molar-refractivity contribution in [1.82, 2.24) is 9.80 Å². The zero-order valence-corrected chi connectivity index (χ0v) is 16.9. The van der Waals surface area contributed by atoms with E-state index in [-0.39, 0.29) is 29.7 Å². The third-order valence-electron chi connectivity index (χ3n) is 5.25. The monoisotopic (exact) mass is 396 g/mol. The van der Waals surface area contributed by atoms with Crippen LogP contribution in [-0.2, 0) is 16.1 Å². The molecule has 1 unspecified atom stereocenters. The van der Waals surface area contributed by atoms with Gasteiger partial charge < -0.3 is 9.80 Å². The summed E-state index contributed by atoms with van der Waals surface area (Å²) in [6.07, 6.45) is 3.75. The predicted molar refractivity (Wildman–Crippen MR) is 104 cm³/mol. The summed E-state index contributed by atoms with van der Waals surface area (Å²) in [4.78, 5) is 29.3. The van der Waals surface area contributed by atoms with Gasteiger partial charge in [0.2, 0.25) is 11.8 Å². The van der Waals surface area contributed by atoms with Crippen LogP contribution in [0.25, 0.3) is 0 Å². The molecule has 1 saturated heterocycles. The van der Waals surface area contributed by atoms with E-state index in [2.05, 4.69) is 0 Å². The van der Waals surface area contributed by atoms with Crippen molar-refractivity contribution in [2.24, 2.45) is 11.8 Å². The minimum absolute atomic E-state index is 0.0754. The molecule has 0 radical (unpaired) electrons. The van der Waals surface area contributed by atoms with Crippen molar-refractivity contribution in [3.05, 3.63) is 33.8 Å².